The standard InChI is InChI=1S/C24H31NO4S/c1-5-28-24(27)22-18-11-9-16(3)14-20(18)30-23(22)25-21(26)7-6-12-29-19-13-15(2)8-10-17(19)4/h8,10,13,16H,5-7,9,11-12,14H2,1-4H3,(H,25,26)/t16-/m0/s1. The monoisotopic (exact) mass is 429 g/mol. The van der Waals surface area contributed by atoms with Crippen molar-refractivity contribution in [3.8, 4) is 5.75 Å². The van der Waals surface area contributed by atoms with E-state index < -0.39 is 0 Å². The average molecular weight is 430 g/mol. The maximum atomic E-state index is 12.6. The fraction of sp³-hybridized carbons (Fsp3) is 0.500. The molecule has 0 unspecified atom stereocenters. The number of thiophene rings is 1. The van der Waals surface area contributed by atoms with E-state index in [-0.39, 0.29) is 11.9 Å². The number of hydrogen-bond acceptors (Lipinski definition) is 5. The predicted octanol–water partition coefficient (Wildman–Crippen LogP) is 5.46. The molecule has 0 saturated carbocycles. The number of ether oxygens (including phenoxy) is 2. The summed E-state index contributed by atoms with van der Waals surface area (Å²) in [4.78, 5) is 26.3. The molecule has 2 aromatic rings. The Hall–Kier alpha value is -2.34. The highest BCUT2D eigenvalue weighted by atomic mass is 32.1. The third-order valence-electron chi connectivity index (χ3n) is 5.39. The Morgan fingerprint density at radius 3 is 2.83 bits per heavy atom. The number of aryl methyl sites for hydroxylation is 2. The summed E-state index contributed by atoms with van der Waals surface area (Å²) in [5.41, 5.74) is 3.85. The molecular formula is C24H31NO4S. The fourth-order valence-corrected chi connectivity index (χ4v) is 5.14. The van der Waals surface area contributed by atoms with E-state index in [9.17, 15) is 9.59 Å². The first-order valence-corrected chi connectivity index (χ1v) is 11.5. The first kappa shape index (κ1) is 22.3. The summed E-state index contributed by atoms with van der Waals surface area (Å²) in [6.45, 7) is 8.86. The number of esters is 1. The van der Waals surface area contributed by atoms with Crippen molar-refractivity contribution >= 4 is 28.2 Å². The fourth-order valence-electron chi connectivity index (χ4n) is 3.72. The van der Waals surface area contributed by atoms with E-state index in [0.29, 0.717) is 42.5 Å². The van der Waals surface area contributed by atoms with E-state index in [1.165, 1.54) is 16.2 Å². The number of carbonyl (C=O) groups is 2. The molecule has 30 heavy (non-hydrogen) atoms. The lowest BCUT2D eigenvalue weighted by atomic mass is 9.88. The molecule has 0 spiro atoms. The SMILES string of the molecule is CCOC(=O)c1c(NC(=O)CCCOc2cc(C)ccc2C)sc2c1CC[C@H](C)C2. The van der Waals surface area contributed by atoms with Crippen LogP contribution in [0.2, 0.25) is 0 Å². The molecule has 3 rings (SSSR count). The Kier molecular flexibility index (Phi) is 7.53. The van der Waals surface area contributed by atoms with Gasteiger partial charge in [0.2, 0.25) is 5.91 Å². The highest BCUT2D eigenvalue weighted by Crippen LogP contribution is 2.40. The van der Waals surface area contributed by atoms with Crippen molar-refractivity contribution in [2.75, 3.05) is 18.5 Å². The molecule has 1 aliphatic carbocycles. The van der Waals surface area contributed by atoms with Gasteiger partial charge in [-0.1, -0.05) is 19.1 Å². The highest BCUT2D eigenvalue weighted by molar-refractivity contribution is 7.17. The van der Waals surface area contributed by atoms with Crippen molar-refractivity contribution < 1.29 is 19.1 Å². The van der Waals surface area contributed by atoms with E-state index in [0.717, 1.165) is 41.7 Å². The van der Waals surface area contributed by atoms with Crippen LogP contribution in [0.3, 0.4) is 0 Å². The maximum absolute atomic E-state index is 12.6. The van der Waals surface area contributed by atoms with Gasteiger partial charge < -0.3 is 14.8 Å². The largest absolute Gasteiger partial charge is 0.493 e. The second-order valence-corrected chi connectivity index (χ2v) is 9.15. The maximum Gasteiger partial charge on any atom is 0.341 e. The Morgan fingerprint density at radius 1 is 1.27 bits per heavy atom. The molecule has 5 nitrogen and oxygen atoms in total. The van der Waals surface area contributed by atoms with Crippen LogP contribution in [0.15, 0.2) is 18.2 Å². The lowest BCUT2D eigenvalue weighted by molar-refractivity contribution is -0.116. The molecule has 1 atom stereocenters. The molecule has 0 aliphatic heterocycles. The van der Waals surface area contributed by atoms with E-state index in [1.54, 1.807) is 6.92 Å². The Bertz CT molecular complexity index is 918. The van der Waals surface area contributed by atoms with E-state index in [1.807, 2.05) is 26.0 Å². The second-order valence-electron chi connectivity index (χ2n) is 8.05. The van der Waals surface area contributed by atoms with Crippen LogP contribution in [0.25, 0.3) is 0 Å². The molecule has 0 bridgehead atoms. The van der Waals surface area contributed by atoms with Gasteiger partial charge in [0.05, 0.1) is 18.8 Å². The molecular weight excluding hydrogens is 398 g/mol. The molecule has 0 saturated heterocycles. The van der Waals surface area contributed by atoms with Gasteiger partial charge in [-0.15, -0.1) is 11.3 Å². The lowest BCUT2D eigenvalue weighted by Crippen LogP contribution is -2.17. The van der Waals surface area contributed by atoms with Crippen LogP contribution in [0.1, 0.15) is 65.0 Å². The lowest BCUT2D eigenvalue weighted by Gasteiger charge is -2.18. The van der Waals surface area contributed by atoms with Gasteiger partial charge in [0, 0.05) is 11.3 Å². The van der Waals surface area contributed by atoms with Gasteiger partial charge in [0.1, 0.15) is 10.8 Å². The van der Waals surface area contributed by atoms with Crippen molar-refractivity contribution in [2.24, 2.45) is 5.92 Å². The van der Waals surface area contributed by atoms with Crippen LogP contribution in [-0.4, -0.2) is 25.1 Å². The van der Waals surface area contributed by atoms with Crippen molar-refractivity contribution in [3.63, 3.8) is 0 Å². The molecule has 1 aliphatic rings. The molecule has 0 radical (unpaired) electrons. The predicted molar refractivity (Wildman–Crippen MR) is 121 cm³/mol. The number of nitrogens with one attached hydrogen (secondary N) is 1. The first-order valence-electron chi connectivity index (χ1n) is 10.7. The summed E-state index contributed by atoms with van der Waals surface area (Å²) in [6.07, 6.45) is 3.81. The van der Waals surface area contributed by atoms with Gasteiger partial charge >= 0.3 is 5.97 Å². The summed E-state index contributed by atoms with van der Waals surface area (Å²) in [7, 11) is 0. The molecule has 1 aromatic heterocycles. The van der Waals surface area contributed by atoms with E-state index in [4.69, 9.17) is 9.47 Å². The number of amides is 1. The number of carbonyl (C=O) groups excluding carboxylic acids is 2. The first-order chi connectivity index (χ1) is 14.4. The van der Waals surface area contributed by atoms with Gasteiger partial charge in [-0.25, -0.2) is 4.79 Å². The van der Waals surface area contributed by atoms with Gasteiger partial charge in [0.25, 0.3) is 0 Å². The highest BCUT2D eigenvalue weighted by Gasteiger charge is 2.29. The van der Waals surface area contributed by atoms with Crippen LogP contribution in [0, 0.1) is 19.8 Å². The van der Waals surface area contributed by atoms with Gasteiger partial charge in [-0.2, -0.15) is 0 Å². The zero-order valence-corrected chi connectivity index (χ0v) is 19.1. The molecule has 6 heteroatoms. The minimum atomic E-state index is -0.335. The van der Waals surface area contributed by atoms with Crippen molar-refractivity contribution in [1.29, 1.82) is 0 Å². The zero-order chi connectivity index (χ0) is 21.7. The quantitative estimate of drug-likeness (QED) is 0.447. The van der Waals surface area contributed by atoms with Crippen LogP contribution >= 0.6 is 11.3 Å². The third-order valence-corrected chi connectivity index (χ3v) is 6.56. The van der Waals surface area contributed by atoms with Gasteiger partial charge in [0.15, 0.2) is 0 Å². The zero-order valence-electron chi connectivity index (χ0n) is 18.3. The Balaban J connectivity index is 1.60. The molecule has 1 heterocycles. The van der Waals surface area contributed by atoms with E-state index >= 15 is 0 Å². The normalized spacial score (nSPS) is 15.4. The topological polar surface area (TPSA) is 64.6 Å². The number of anilines is 1. The summed E-state index contributed by atoms with van der Waals surface area (Å²) in [6, 6.07) is 6.10. The number of hydrogen-bond donors (Lipinski definition) is 1. The average Bonchev–Trinajstić information content (AvgIpc) is 3.04. The smallest absolute Gasteiger partial charge is 0.341 e. The third kappa shape index (κ3) is 5.42. The Labute approximate surface area is 182 Å². The van der Waals surface area contributed by atoms with Crippen LogP contribution in [0.5, 0.6) is 5.75 Å². The van der Waals surface area contributed by atoms with Gasteiger partial charge in [-0.3, -0.25) is 4.79 Å². The van der Waals surface area contributed by atoms with Crippen molar-refractivity contribution in [1.82, 2.24) is 0 Å². The van der Waals surface area contributed by atoms with Crippen LogP contribution < -0.4 is 10.1 Å². The molecule has 0 fully saturated rings. The van der Waals surface area contributed by atoms with Gasteiger partial charge in [-0.05, 0) is 75.1 Å². The number of rotatable bonds is 8. The van der Waals surface area contributed by atoms with E-state index in [2.05, 4.69) is 18.3 Å². The van der Waals surface area contributed by atoms with Crippen LogP contribution in [0.4, 0.5) is 5.00 Å². The summed E-state index contributed by atoms with van der Waals surface area (Å²) < 4.78 is 11.1. The minimum Gasteiger partial charge on any atom is -0.493 e. The molecule has 162 valence electrons. The molecule has 1 amide bonds. The second kappa shape index (κ2) is 10.1. The minimum absolute atomic E-state index is 0.100. The summed E-state index contributed by atoms with van der Waals surface area (Å²) in [5.74, 6) is 1.02. The van der Waals surface area contributed by atoms with Crippen LogP contribution in [-0.2, 0) is 22.4 Å². The number of fused-ring (bicyclic) bond motifs is 1. The molecule has 1 aromatic carbocycles. The number of benzene rings is 1. The van der Waals surface area contributed by atoms with Crippen molar-refractivity contribution in [3.05, 3.63) is 45.3 Å². The van der Waals surface area contributed by atoms with Crippen molar-refractivity contribution in [2.45, 2.75) is 59.8 Å². The summed E-state index contributed by atoms with van der Waals surface area (Å²) >= 11 is 1.52. The molecule has 1 N–H and O–H groups in total. The Morgan fingerprint density at radius 2 is 2.07 bits per heavy atom. The summed E-state index contributed by atoms with van der Waals surface area (Å²) in [5, 5.41) is 3.60.